The van der Waals surface area contributed by atoms with Gasteiger partial charge in [-0.15, -0.1) is 48.0 Å². The fraction of sp³-hybridized carbons (Fsp3) is 0. The van der Waals surface area contributed by atoms with E-state index in [1.54, 1.807) is 0 Å². The highest BCUT2D eigenvalue weighted by Gasteiger charge is 2.42. The van der Waals surface area contributed by atoms with E-state index in [4.69, 9.17) is 0 Å². The number of benzene rings is 3. The van der Waals surface area contributed by atoms with Crippen molar-refractivity contribution in [2.75, 3.05) is 0 Å². The van der Waals surface area contributed by atoms with Gasteiger partial charge in [-0.25, -0.2) is 65.9 Å². The van der Waals surface area contributed by atoms with Crippen LogP contribution in [-0.2, 0) is 0 Å². The van der Waals surface area contributed by atoms with Crippen molar-refractivity contribution in [2.45, 2.75) is 0 Å². The van der Waals surface area contributed by atoms with Gasteiger partial charge in [-0.3, -0.25) is 0 Å². The maximum Gasteiger partial charge on any atom is 0.200 e. The molecule has 0 fully saturated rings. The molecule has 0 aliphatic carbocycles. The Morgan fingerprint density at radius 2 is 0.333 bits per heavy atom. The second kappa shape index (κ2) is 11.5. The minimum Gasteiger partial charge on any atom is -0.203 e. The Hall–Kier alpha value is -1.50. The van der Waals surface area contributed by atoms with Crippen LogP contribution in [0.5, 0.6) is 0 Å². The van der Waals surface area contributed by atoms with E-state index in [0.29, 0.717) is 0 Å². The molecule has 0 saturated carbocycles. The molecule has 0 N–H and O–H groups in total. The summed E-state index contributed by atoms with van der Waals surface area (Å²) in [6, 6.07) is 0. The molecular weight excluding hydrogens is 786 g/mol. The molecule has 0 unspecified atom stereocenters. The monoisotopic (exact) mass is 788 g/mol. The van der Waals surface area contributed by atoms with Crippen LogP contribution < -0.4 is 15.9 Å². The molecule has 0 aliphatic heterocycles. The van der Waals surface area contributed by atoms with Crippen LogP contribution in [0.1, 0.15) is 0 Å². The van der Waals surface area contributed by atoms with Crippen molar-refractivity contribution in [3.05, 3.63) is 87.3 Å². The predicted octanol–water partition coefficient (Wildman–Crippen LogP) is 6.77. The highest BCUT2D eigenvalue weighted by molar-refractivity contribution is 14.0. The van der Waals surface area contributed by atoms with Crippen molar-refractivity contribution >= 4 is 71.8 Å². The molecule has 198 valence electrons. The molecule has 3 aromatic carbocycles. The van der Waals surface area contributed by atoms with Gasteiger partial charge in [-0.05, 0) is 0 Å². The number of hydrogen-bond donors (Lipinski definition) is 0. The van der Waals surface area contributed by atoms with E-state index < -0.39 is 111 Å². The highest BCUT2D eigenvalue weighted by Crippen LogP contribution is 2.42. The molecular formula is C18H2F15I2P. The molecule has 0 radical (unpaired) electrons. The Morgan fingerprint density at radius 3 is 0.472 bits per heavy atom. The smallest absolute Gasteiger partial charge is 0.200 e. The quantitative estimate of drug-likeness (QED) is 0.0906. The largest absolute Gasteiger partial charge is 0.203 e. The van der Waals surface area contributed by atoms with Crippen LogP contribution >= 0.6 is 55.9 Å². The second-order valence-corrected chi connectivity index (χ2v) is 8.10. The van der Waals surface area contributed by atoms with Crippen molar-refractivity contribution < 1.29 is 65.9 Å². The van der Waals surface area contributed by atoms with Crippen LogP contribution in [-0.4, -0.2) is 0 Å². The van der Waals surface area contributed by atoms with E-state index in [-0.39, 0.29) is 48.0 Å². The fourth-order valence-corrected chi connectivity index (χ4v) is 5.14. The van der Waals surface area contributed by atoms with Crippen LogP contribution in [0.15, 0.2) is 0 Å². The molecule has 0 spiro atoms. The average Bonchev–Trinajstić information content (AvgIpc) is 2.81. The lowest BCUT2D eigenvalue weighted by atomic mass is 10.3. The van der Waals surface area contributed by atoms with Crippen molar-refractivity contribution in [2.24, 2.45) is 0 Å². The van der Waals surface area contributed by atoms with Gasteiger partial charge in [-0.2, -0.15) is 0 Å². The van der Waals surface area contributed by atoms with Gasteiger partial charge >= 0.3 is 0 Å². The summed E-state index contributed by atoms with van der Waals surface area (Å²) in [5.74, 6) is -44.9. The van der Waals surface area contributed by atoms with E-state index in [0.717, 1.165) is 0 Å². The van der Waals surface area contributed by atoms with Crippen molar-refractivity contribution in [3.63, 3.8) is 0 Å². The molecule has 0 bridgehead atoms. The Kier molecular flexibility index (Phi) is 10.4. The Balaban J connectivity index is 0.00000324. The van der Waals surface area contributed by atoms with Gasteiger partial charge in [0.1, 0.15) is 0 Å². The van der Waals surface area contributed by atoms with E-state index in [9.17, 15) is 65.9 Å². The summed E-state index contributed by atoms with van der Waals surface area (Å²) < 4.78 is 209. The molecule has 0 amide bonds. The first-order chi connectivity index (χ1) is 15.7. The molecule has 36 heavy (non-hydrogen) atoms. The van der Waals surface area contributed by atoms with Crippen molar-refractivity contribution in [3.8, 4) is 0 Å². The number of rotatable bonds is 3. The lowest BCUT2D eigenvalue weighted by Gasteiger charge is -2.23. The zero-order chi connectivity index (χ0) is 26.0. The van der Waals surface area contributed by atoms with Gasteiger partial charge in [0.2, 0.25) is 17.5 Å². The van der Waals surface area contributed by atoms with E-state index in [2.05, 4.69) is 0 Å². The van der Waals surface area contributed by atoms with Gasteiger partial charge in [0.25, 0.3) is 0 Å². The first-order valence-electron chi connectivity index (χ1n) is 8.01. The minimum atomic E-state index is -4.90. The predicted molar refractivity (Wildman–Crippen MR) is 115 cm³/mol. The molecule has 0 atom stereocenters. The Bertz CT molecular complexity index is 1130. The summed E-state index contributed by atoms with van der Waals surface area (Å²) in [4.78, 5) is 0. The van der Waals surface area contributed by atoms with Gasteiger partial charge in [-0.1, -0.05) is 0 Å². The van der Waals surface area contributed by atoms with Gasteiger partial charge in [0, 0.05) is 7.92 Å². The minimum absolute atomic E-state index is 0. The van der Waals surface area contributed by atoms with Gasteiger partial charge in [0.15, 0.2) is 69.8 Å². The van der Waals surface area contributed by atoms with Crippen LogP contribution in [0.25, 0.3) is 0 Å². The van der Waals surface area contributed by atoms with Crippen LogP contribution in [0.2, 0.25) is 0 Å². The van der Waals surface area contributed by atoms with Crippen molar-refractivity contribution in [1.29, 1.82) is 0 Å². The third-order valence-corrected chi connectivity index (χ3v) is 6.75. The summed E-state index contributed by atoms with van der Waals surface area (Å²) in [7, 11) is -4.90. The van der Waals surface area contributed by atoms with Gasteiger partial charge in [0.05, 0.1) is 15.9 Å². The van der Waals surface area contributed by atoms with Gasteiger partial charge < -0.3 is 0 Å². The summed E-state index contributed by atoms with van der Waals surface area (Å²) in [6.07, 6.45) is 0. The number of halogens is 17. The van der Waals surface area contributed by atoms with Crippen LogP contribution in [0.3, 0.4) is 0 Å². The molecule has 0 heterocycles. The van der Waals surface area contributed by atoms with Crippen LogP contribution in [0, 0.1) is 87.3 Å². The summed E-state index contributed by atoms with van der Waals surface area (Å²) in [5, 5.41) is -7.84. The van der Waals surface area contributed by atoms with E-state index >= 15 is 0 Å². The second-order valence-electron chi connectivity index (χ2n) is 6.09. The molecule has 3 aromatic rings. The standard InChI is InChI=1S/C18F15P.2HI/c19-1-4(22)10(28)16(11(29)5(1)23)34(17-12(30)6(24)2(20)7(25)13(17)31)18-14(32)8(26)3(21)9(27)15(18)33;;/h;2*1H. The number of hydrogen-bond acceptors (Lipinski definition) is 0. The van der Waals surface area contributed by atoms with E-state index in [1.807, 2.05) is 0 Å². The lowest BCUT2D eigenvalue weighted by molar-refractivity contribution is 0.381. The lowest BCUT2D eigenvalue weighted by Crippen LogP contribution is -2.36. The van der Waals surface area contributed by atoms with E-state index in [1.165, 1.54) is 0 Å². The third kappa shape index (κ3) is 4.74. The topological polar surface area (TPSA) is 0 Å². The van der Waals surface area contributed by atoms with Crippen molar-refractivity contribution in [1.82, 2.24) is 0 Å². The summed E-state index contributed by atoms with van der Waals surface area (Å²) in [5.41, 5.74) is 0. The fourth-order valence-electron chi connectivity index (χ4n) is 2.70. The SMILES string of the molecule is Fc1c(F)c(F)c(P(c2c(F)c(F)c(F)c(F)c2F)c2c(F)c(F)c(F)c(F)c2F)c(F)c1F.I.I. The first kappa shape index (κ1) is 32.5. The average molecular weight is 788 g/mol. The summed E-state index contributed by atoms with van der Waals surface area (Å²) in [6.45, 7) is 0. The molecule has 0 saturated heterocycles. The normalized spacial score (nSPS) is 11.0. The first-order valence-corrected chi connectivity index (χ1v) is 9.35. The summed E-state index contributed by atoms with van der Waals surface area (Å²) >= 11 is 0. The molecule has 3 rings (SSSR count). The molecule has 0 aliphatic rings. The maximum absolute atomic E-state index is 14.4. The third-order valence-electron chi connectivity index (χ3n) is 4.23. The van der Waals surface area contributed by atoms with Crippen LogP contribution in [0.4, 0.5) is 65.9 Å². The highest BCUT2D eigenvalue weighted by atomic mass is 127. The Morgan fingerprint density at radius 1 is 0.222 bits per heavy atom. The molecule has 0 aromatic heterocycles. The molecule has 0 nitrogen and oxygen atoms in total. The Labute approximate surface area is 224 Å². The zero-order valence-electron chi connectivity index (χ0n) is 15.9. The molecule has 18 heteroatoms. The zero-order valence-corrected chi connectivity index (χ0v) is 21.5. The maximum atomic E-state index is 14.4.